The van der Waals surface area contributed by atoms with Gasteiger partial charge in [-0.2, -0.15) is 0 Å². The molecule has 0 amide bonds. The normalized spacial score (nSPS) is 13.7. The second-order valence-electron chi connectivity index (χ2n) is 8.00. The maximum atomic E-state index is 12.7. The van der Waals surface area contributed by atoms with E-state index < -0.39 is 17.3 Å². The monoisotopic (exact) mass is 507 g/mol. The van der Waals surface area contributed by atoms with Crippen LogP contribution in [0.15, 0.2) is 58.3 Å². The molecule has 0 saturated carbocycles. The second kappa shape index (κ2) is 14.0. The van der Waals surface area contributed by atoms with Gasteiger partial charge in [0.05, 0.1) is 11.4 Å². The summed E-state index contributed by atoms with van der Waals surface area (Å²) >= 11 is 0. The van der Waals surface area contributed by atoms with Crippen molar-refractivity contribution in [2.75, 3.05) is 12.8 Å². The van der Waals surface area contributed by atoms with Gasteiger partial charge in [-0.05, 0) is 51.0 Å². The minimum Gasteiger partial charge on any atom is -0.418 e. The number of halogens is 4. The average molecular weight is 507 g/mol. The smallest absolute Gasteiger partial charge is 0.418 e. The van der Waals surface area contributed by atoms with E-state index in [0.717, 1.165) is 18.4 Å². The Bertz CT molecular complexity index is 915. The van der Waals surface area contributed by atoms with Crippen LogP contribution in [0.2, 0.25) is 0 Å². The van der Waals surface area contributed by atoms with E-state index >= 15 is 0 Å². The Morgan fingerprint density at radius 3 is 1.85 bits per heavy atom. The van der Waals surface area contributed by atoms with E-state index in [0.29, 0.717) is 16.7 Å². The first-order valence-corrected chi connectivity index (χ1v) is 14.2. The molecule has 2 rings (SSSR count). The molecule has 0 aliphatic heterocycles. The minimum absolute atomic E-state index is 0.00658. The van der Waals surface area contributed by atoms with Gasteiger partial charge >= 0.3 is 7.25 Å². The van der Waals surface area contributed by atoms with Crippen molar-refractivity contribution in [3.05, 3.63) is 59.7 Å². The highest BCUT2D eigenvalue weighted by molar-refractivity contribution is 7.97. The van der Waals surface area contributed by atoms with Crippen molar-refractivity contribution in [1.82, 2.24) is 4.72 Å². The molecule has 2 aromatic rings. The van der Waals surface area contributed by atoms with Crippen molar-refractivity contribution in [1.29, 1.82) is 0 Å². The summed E-state index contributed by atoms with van der Waals surface area (Å²) < 4.78 is 67.3. The van der Waals surface area contributed by atoms with Crippen LogP contribution in [0.4, 0.5) is 17.3 Å². The molecule has 2 aromatic carbocycles. The number of aryl methyl sites for hydroxylation is 2. The molecule has 0 radical (unpaired) electrons. The Balaban J connectivity index is 0.000000981. The van der Waals surface area contributed by atoms with Gasteiger partial charge in [-0.15, -0.1) is 0 Å². The zero-order valence-electron chi connectivity index (χ0n) is 19.7. The first-order valence-electron chi connectivity index (χ1n) is 11.0. The van der Waals surface area contributed by atoms with Crippen LogP contribution in [0.3, 0.4) is 0 Å². The molecule has 2 atom stereocenters. The molecule has 186 valence electrons. The molecular formula is C23H34BF4NO2S2. The number of nitrogens with one attached hydrogen (secondary N) is 1. The van der Waals surface area contributed by atoms with Gasteiger partial charge in [0.1, 0.15) is 11.5 Å². The van der Waals surface area contributed by atoms with E-state index in [1.165, 1.54) is 29.7 Å². The molecule has 1 unspecified atom stereocenters. The Hall–Kier alpha value is -1.52. The van der Waals surface area contributed by atoms with E-state index in [4.69, 9.17) is 0 Å². The first kappa shape index (κ1) is 29.5. The van der Waals surface area contributed by atoms with Crippen molar-refractivity contribution in [3.8, 4) is 0 Å². The predicted molar refractivity (Wildman–Crippen MR) is 132 cm³/mol. The molecule has 0 aliphatic carbocycles. The molecule has 0 saturated heterocycles. The number of hydrogen-bond acceptors (Lipinski definition) is 2. The maximum absolute atomic E-state index is 12.7. The number of unbranched alkanes of at least 4 members (excludes halogenated alkanes) is 3. The summed E-state index contributed by atoms with van der Waals surface area (Å²) in [5.74, 6) is 0. The summed E-state index contributed by atoms with van der Waals surface area (Å²) in [6.45, 7) is 6.75. The van der Waals surface area contributed by atoms with E-state index in [1.54, 1.807) is 12.1 Å². The SMILES string of the molecule is CCCCCC[C@@H](CNS(=O)(=O)c1ccc(C)cc1)[S+](C)c1ccc(C)cc1.F[B-](F)(F)F. The third-order valence-corrected chi connectivity index (χ3v) is 8.96. The third-order valence-electron chi connectivity index (χ3n) is 5.10. The van der Waals surface area contributed by atoms with Gasteiger partial charge in [-0.25, -0.2) is 13.1 Å². The van der Waals surface area contributed by atoms with Crippen molar-refractivity contribution in [3.63, 3.8) is 0 Å². The quantitative estimate of drug-likeness (QED) is 0.163. The van der Waals surface area contributed by atoms with Gasteiger partial charge in [0.2, 0.25) is 10.0 Å². The maximum Gasteiger partial charge on any atom is 0.673 e. The molecule has 0 aliphatic rings. The fourth-order valence-corrected chi connectivity index (χ4v) is 6.14. The lowest BCUT2D eigenvalue weighted by atomic mass is 10.1. The summed E-state index contributed by atoms with van der Waals surface area (Å²) in [7, 11) is -9.48. The highest BCUT2D eigenvalue weighted by atomic mass is 32.2. The number of benzene rings is 2. The van der Waals surface area contributed by atoms with Gasteiger partial charge in [0.25, 0.3) is 0 Å². The van der Waals surface area contributed by atoms with Crippen molar-refractivity contribution in [2.45, 2.75) is 67.9 Å². The average Bonchev–Trinajstić information content (AvgIpc) is 2.72. The van der Waals surface area contributed by atoms with Crippen LogP contribution >= 0.6 is 0 Å². The van der Waals surface area contributed by atoms with Crippen molar-refractivity contribution >= 4 is 28.2 Å². The van der Waals surface area contributed by atoms with Crippen LogP contribution in [0.1, 0.15) is 50.2 Å². The molecular weight excluding hydrogens is 473 g/mol. The van der Waals surface area contributed by atoms with Gasteiger partial charge in [-0.3, -0.25) is 0 Å². The van der Waals surface area contributed by atoms with E-state index in [9.17, 15) is 25.7 Å². The molecule has 0 heterocycles. The fraction of sp³-hybridized carbons (Fsp3) is 0.478. The molecule has 10 heteroatoms. The molecule has 1 N–H and O–H groups in total. The lowest BCUT2D eigenvalue weighted by Crippen LogP contribution is -2.36. The highest BCUT2D eigenvalue weighted by Crippen LogP contribution is 2.22. The standard InChI is InChI=1S/C23H34NO2S2.BF4/c1-5-6-7-8-9-22(27(4)21-14-10-19(2)11-15-21)18-24-28(25,26)23-16-12-20(3)13-17-23;2-1(3,4)5/h10-17,22,24H,5-9,18H2,1-4H3;/q+1;-1/t22-,27?;/m0./s1. The molecule has 0 bridgehead atoms. The summed E-state index contributed by atoms with van der Waals surface area (Å²) in [5.41, 5.74) is 2.31. The molecule has 33 heavy (non-hydrogen) atoms. The second-order valence-corrected chi connectivity index (χ2v) is 12.0. The minimum atomic E-state index is -6.00. The largest absolute Gasteiger partial charge is 0.673 e. The number of rotatable bonds is 11. The Morgan fingerprint density at radius 2 is 1.36 bits per heavy atom. The van der Waals surface area contributed by atoms with Crippen molar-refractivity contribution in [2.24, 2.45) is 0 Å². The summed E-state index contributed by atoms with van der Waals surface area (Å²) in [6.07, 6.45) is 8.10. The van der Waals surface area contributed by atoms with E-state index in [-0.39, 0.29) is 10.9 Å². The van der Waals surface area contributed by atoms with Gasteiger partial charge in [-0.1, -0.05) is 61.6 Å². The fourth-order valence-electron chi connectivity index (χ4n) is 3.15. The Morgan fingerprint density at radius 1 is 0.879 bits per heavy atom. The summed E-state index contributed by atoms with van der Waals surface area (Å²) in [6, 6.07) is 15.7. The Kier molecular flexibility index (Phi) is 12.5. The van der Waals surface area contributed by atoms with E-state index in [1.807, 2.05) is 19.1 Å². The Labute approximate surface area is 198 Å². The number of hydrogen-bond donors (Lipinski definition) is 1. The van der Waals surface area contributed by atoms with Crippen LogP contribution in [-0.4, -0.2) is 33.7 Å². The highest BCUT2D eigenvalue weighted by Gasteiger charge is 2.29. The summed E-state index contributed by atoms with van der Waals surface area (Å²) in [5, 5.41) is 0.305. The zero-order valence-corrected chi connectivity index (χ0v) is 21.3. The van der Waals surface area contributed by atoms with Crippen LogP contribution in [-0.2, 0) is 20.9 Å². The van der Waals surface area contributed by atoms with Gasteiger partial charge < -0.3 is 17.3 Å². The van der Waals surface area contributed by atoms with E-state index in [2.05, 4.69) is 49.1 Å². The lowest BCUT2D eigenvalue weighted by Gasteiger charge is -2.17. The third kappa shape index (κ3) is 12.5. The van der Waals surface area contributed by atoms with Gasteiger partial charge in [0.15, 0.2) is 4.90 Å². The van der Waals surface area contributed by atoms with Crippen molar-refractivity contribution < 1.29 is 25.7 Å². The van der Waals surface area contributed by atoms with Gasteiger partial charge in [0, 0.05) is 10.9 Å². The molecule has 0 spiro atoms. The topological polar surface area (TPSA) is 46.2 Å². The van der Waals surface area contributed by atoms with Crippen LogP contribution in [0.25, 0.3) is 0 Å². The predicted octanol–water partition coefficient (Wildman–Crippen LogP) is 6.53. The number of sulfonamides is 1. The van der Waals surface area contributed by atoms with Crippen LogP contribution < -0.4 is 4.72 Å². The molecule has 3 nitrogen and oxygen atoms in total. The first-order chi connectivity index (χ1) is 15.3. The lowest BCUT2D eigenvalue weighted by molar-refractivity contribution is 0.368. The van der Waals surface area contributed by atoms with Crippen LogP contribution in [0.5, 0.6) is 0 Å². The molecule has 0 aromatic heterocycles. The summed E-state index contributed by atoms with van der Waals surface area (Å²) in [4.78, 5) is 1.65. The zero-order chi connectivity index (χ0) is 25.1. The van der Waals surface area contributed by atoms with Crippen LogP contribution in [0, 0.1) is 13.8 Å². The molecule has 0 fully saturated rings.